The van der Waals surface area contributed by atoms with Crippen molar-refractivity contribution in [1.29, 1.82) is 0 Å². The molecule has 5 nitrogen and oxygen atoms in total. The molecule has 16 heavy (non-hydrogen) atoms. The van der Waals surface area contributed by atoms with Crippen molar-refractivity contribution < 1.29 is 9.53 Å². The molecule has 5 heteroatoms. The first-order chi connectivity index (χ1) is 7.77. The maximum absolute atomic E-state index is 11.2. The van der Waals surface area contributed by atoms with E-state index in [1.807, 2.05) is 6.07 Å². The lowest BCUT2D eigenvalue weighted by atomic mass is 10.3. The van der Waals surface area contributed by atoms with Gasteiger partial charge in [-0.05, 0) is 6.07 Å². The molecule has 0 saturated carbocycles. The topological polar surface area (TPSA) is 63.2 Å². The second-order valence-corrected chi connectivity index (χ2v) is 2.91. The van der Waals surface area contributed by atoms with Crippen LogP contribution in [0.15, 0.2) is 18.3 Å². The van der Waals surface area contributed by atoms with Crippen molar-refractivity contribution in [2.75, 3.05) is 13.7 Å². The summed E-state index contributed by atoms with van der Waals surface area (Å²) in [5.41, 5.74) is 0.806. The van der Waals surface area contributed by atoms with Gasteiger partial charge in [0, 0.05) is 18.3 Å². The summed E-state index contributed by atoms with van der Waals surface area (Å²) in [6, 6.07) is 3.29. The van der Waals surface area contributed by atoms with Crippen LogP contribution < -0.4 is 15.4 Å². The van der Waals surface area contributed by atoms with Crippen LogP contribution in [-0.2, 0) is 6.54 Å². The number of carbonyl (C=O) groups excluding carboxylic acids is 1. The minimum atomic E-state index is -0.316. The Bertz CT molecular complexity index is 398. The van der Waals surface area contributed by atoms with E-state index in [-0.39, 0.29) is 12.6 Å². The van der Waals surface area contributed by atoms with Gasteiger partial charge in [0.2, 0.25) is 5.88 Å². The van der Waals surface area contributed by atoms with E-state index in [1.165, 1.54) is 7.11 Å². The molecular weight excluding hydrogens is 206 g/mol. The highest BCUT2D eigenvalue weighted by molar-refractivity contribution is 5.74. The van der Waals surface area contributed by atoms with E-state index in [0.29, 0.717) is 12.4 Å². The van der Waals surface area contributed by atoms with Crippen LogP contribution in [0.2, 0.25) is 0 Å². The lowest BCUT2D eigenvalue weighted by Gasteiger charge is -2.08. The number of terminal acetylenes is 1. The molecule has 0 fully saturated rings. The number of methoxy groups -OCH3 is 1. The van der Waals surface area contributed by atoms with Crippen LogP contribution in [0.25, 0.3) is 0 Å². The number of carbonyl (C=O) groups is 1. The third-order valence-corrected chi connectivity index (χ3v) is 1.83. The summed E-state index contributed by atoms with van der Waals surface area (Å²) in [6.45, 7) is 0.545. The van der Waals surface area contributed by atoms with Gasteiger partial charge < -0.3 is 15.4 Å². The predicted octanol–water partition coefficient (Wildman–Crippen LogP) is 0.523. The van der Waals surface area contributed by atoms with Crippen molar-refractivity contribution in [2.45, 2.75) is 6.54 Å². The van der Waals surface area contributed by atoms with Crippen LogP contribution in [0.1, 0.15) is 5.56 Å². The largest absolute Gasteiger partial charge is 0.481 e. The molecule has 0 radical (unpaired) electrons. The molecule has 1 aromatic rings. The highest BCUT2D eigenvalue weighted by atomic mass is 16.5. The number of ether oxygens (including phenoxy) is 1. The fourth-order valence-electron chi connectivity index (χ4n) is 1.11. The van der Waals surface area contributed by atoms with Gasteiger partial charge in [-0.1, -0.05) is 12.0 Å². The van der Waals surface area contributed by atoms with E-state index in [1.54, 1.807) is 12.3 Å². The van der Waals surface area contributed by atoms with Gasteiger partial charge in [-0.15, -0.1) is 6.42 Å². The van der Waals surface area contributed by atoms with Gasteiger partial charge in [-0.25, -0.2) is 9.78 Å². The van der Waals surface area contributed by atoms with Gasteiger partial charge in [0.15, 0.2) is 0 Å². The van der Waals surface area contributed by atoms with Crippen molar-refractivity contribution in [1.82, 2.24) is 15.6 Å². The molecule has 2 amide bonds. The predicted molar refractivity (Wildman–Crippen MR) is 59.9 cm³/mol. The highest BCUT2D eigenvalue weighted by Crippen LogP contribution is 2.12. The molecule has 0 bridgehead atoms. The Morgan fingerprint density at radius 2 is 2.44 bits per heavy atom. The van der Waals surface area contributed by atoms with Gasteiger partial charge in [0.25, 0.3) is 0 Å². The number of aromatic nitrogens is 1. The Kier molecular flexibility index (Phi) is 4.67. The summed E-state index contributed by atoms with van der Waals surface area (Å²) in [5, 5.41) is 5.14. The SMILES string of the molecule is C#CCNC(=O)NCc1cccnc1OC. The summed E-state index contributed by atoms with van der Waals surface area (Å²) >= 11 is 0. The van der Waals surface area contributed by atoms with Crippen LogP contribution in [0.5, 0.6) is 5.88 Å². The molecule has 1 rings (SSSR count). The van der Waals surface area contributed by atoms with Gasteiger partial charge in [0.1, 0.15) is 0 Å². The van der Waals surface area contributed by atoms with Gasteiger partial charge in [-0.3, -0.25) is 0 Å². The van der Waals surface area contributed by atoms with E-state index in [0.717, 1.165) is 5.56 Å². The second kappa shape index (κ2) is 6.30. The third kappa shape index (κ3) is 3.50. The second-order valence-electron chi connectivity index (χ2n) is 2.91. The first-order valence-electron chi connectivity index (χ1n) is 4.71. The quantitative estimate of drug-likeness (QED) is 0.726. The maximum Gasteiger partial charge on any atom is 0.315 e. The number of urea groups is 1. The summed E-state index contributed by atoms with van der Waals surface area (Å²) in [6.07, 6.45) is 6.63. The maximum atomic E-state index is 11.2. The number of rotatable bonds is 4. The standard InChI is InChI=1S/C11H13N3O2/c1-3-6-13-11(15)14-8-9-5-4-7-12-10(9)16-2/h1,4-5,7H,6,8H2,2H3,(H2,13,14,15). The Balaban J connectivity index is 2.48. The molecular formula is C11H13N3O2. The molecule has 84 valence electrons. The zero-order valence-corrected chi connectivity index (χ0v) is 8.99. The van der Waals surface area contributed by atoms with E-state index >= 15 is 0 Å². The lowest BCUT2D eigenvalue weighted by Crippen LogP contribution is -2.35. The van der Waals surface area contributed by atoms with E-state index in [9.17, 15) is 4.79 Å². The molecule has 0 aliphatic rings. The molecule has 0 aliphatic heterocycles. The molecule has 0 unspecified atom stereocenters. The number of nitrogens with one attached hydrogen (secondary N) is 2. The molecule has 0 aromatic carbocycles. The summed E-state index contributed by atoms with van der Waals surface area (Å²) in [7, 11) is 1.53. The minimum absolute atomic E-state index is 0.204. The third-order valence-electron chi connectivity index (χ3n) is 1.83. The van der Waals surface area contributed by atoms with Crippen molar-refractivity contribution >= 4 is 6.03 Å². The normalized spacial score (nSPS) is 9.00. The van der Waals surface area contributed by atoms with Gasteiger partial charge >= 0.3 is 6.03 Å². The fraction of sp³-hybridized carbons (Fsp3) is 0.273. The van der Waals surface area contributed by atoms with E-state index in [4.69, 9.17) is 11.2 Å². The van der Waals surface area contributed by atoms with E-state index in [2.05, 4.69) is 21.5 Å². The van der Waals surface area contributed by atoms with Crippen molar-refractivity contribution in [3.8, 4) is 18.2 Å². The monoisotopic (exact) mass is 219 g/mol. The fourth-order valence-corrected chi connectivity index (χ4v) is 1.11. The smallest absolute Gasteiger partial charge is 0.315 e. The number of hydrogen-bond donors (Lipinski definition) is 2. The molecule has 1 aromatic heterocycles. The van der Waals surface area contributed by atoms with Gasteiger partial charge in [-0.2, -0.15) is 0 Å². The number of pyridine rings is 1. The van der Waals surface area contributed by atoms with Crippen LogP contribution in [0, 0.1) is 12.3 Å². The summed E-state index contributed by atoms with van der Waals surface area (Å²) in [4.78, 5) is 15.2. The number of amides is 2. The first-order valence-corrected chi connectivity index (χ1v) is 4.71. The Morgan fingerprint density at radius 3 is 3.12 bits per heavy atom. The highest BCUT2D eigenvalue weighted by Gasteiger charge is 2.04. The Hall–Kier alpha value is -2.22. The number of nitrogens with zero attached hydrogens (tertiary/aromatic N) is 1. The molecule has 0 spiro atoms. The average molecular weight is 219 g/mol. The van der Waals surface area contributed by atoms with Crippen LogP contribution in [-0.4, -0.2) is 24.7 Å². The lowest BCUT2D eigenvalue weighted by molar-refractivity contribution is 0.241. The van der Waals surface area contributed by atoms with Crippen LogP contribution in [0.4, 0.5) is 4.79 Å². The van der Waals surface area contributed by atoms with Crippen molar-refractivity contribution in [3.05, 3.63) is 23.9 Å². The van der Waals surface area contributed by atoms with Crippen molar-refractivity contribution in [3.63, 3.8) is 0 Å². The van der Waals surface area contributed by atoms with Gasteiger partial charge in [0.05, 0.1) is 13.7 Å². The molecule has 0 atom stereocenters. The summed E-state index contributed by atoms with van der Waals surface area (Å²) < 4.78 is 5.04. The van der Waals surface area contributed by atoms with Crippen LogP contribution >= 0.6 is 0 Å². The molecule has 2 N–H and O–H groups in total. The zero-order valence-electron chi connectivity index (χ0n) is 8.99. The first kappa shape index (κ1) is 11.9. The molecule has 0 aliphatic carbocycles. The average Bonchev–Trinajstić information content (AvgIpc) is 2.34. The summed E-state index contributed by atoms with van der Waals surface area (Å²) in [5.74, 6) is 2.81. The van der Waals surface area contributed by atoms with E-state index < -0.39 is 0 Å². The Morgan fingerprint density at radius 1 is 1.62 bits per heavy atom. The van der Waals surface area contributed by atoms with Crippen molar-refractivity contribution in [2.24, 2.45) is 0 Å². The minimum Gasteiger partial charge on any atom is -0.481 e. The molecule has 0 saturated heterocycles. The van der Waals surface area contributed by atoms with Crippen LogP contribution in [0.3, 0.4) is 0 Å². The number of hydrogen-bond acceptors (Lipinski definition) is 3. The zero-order chi connectivity index (χ0) is 11.8. The molecule has 1 heterocycles. The Labute approximate surface area is 94.2 Å².